The van der Waals surface area contributed by atoms with Crippen molar-refractivity contribution >= 4 is 11.8 Å². The SMILES string of the molecule is CC1(C)C=CC2C(CCC3C2N([O-])C2C(C)(C)/C=C\N4C(=O)C5=CCCN5C(=O)[C@@H]4C[C@]32O)O1. The Morgan fingerprint density at radius 2 is 1.91 bits per heavy atom. The smallest absolute Gasteiger partial charge is 0.274 e. The summed E-state index contributed by atoms with van der Waals surface area (Å²) in [4.78, 5) is 29.8. The fraction of sp³-hybridized carbons (Fsp3) is 0.692. The third-order valence-electron chi connectivity index (χ3n) is 9.05. The Hall–Kier alpha value is -2.00. The van der Waals surface area contributed by atoms with Gasteiger partial charge in [0.15, 0.2) is 0 Å². The van der Waals surface area contributed by atoms with Gasteiger partial charge in [-0.2, -0.15) is 0 Å². The molecule has 2 saturated heterocycles. The molecule has 7 atom stereocenters. The molecule has 0 spiro atoms. The summed E-state index contributed by atoms with van der Waals surface area (Å²) in [5.41, 5.74) is -2.07. The zero-order chi connectivity index (χ0) is 24.2. The number of nitrogens with zero attached hydrogens (tertiary/aromatic N) is 3. The Balaban J connectivity index is 1.44. The number of ether oxygens (including phenoxy) is 1. The quantitative estimate of drug-likeness (QED) is 0.548. The summed E-state index contributed by atoms with van der Waals surface area (Å²) in [6.07, 6.45) is 11.5. The normalized spacial score (nSPS) is 45.4. The van der Waals surface area contributed by atoms with Crippen molar-refractivity contribution in [2.45, 2.75) is 88.8 Å². The molecule has 3 fully saturated rings. The maximum atomic E-state index is 14.0. The molecule has 0 radical (unpaired) electrons. The van der Waals surface area contributed by atoms with Gasteiger partial charge in [0, 0.05) is 48.5 Å². The van der Waals surface area contributed by atoms with E-state index in [4.69, 9.17) is 4.74 Å². The fourth-order valence-electron chi connectivity index (χ4n) is 7.66. The highest BCUT2D eigenvalue weighted by Crippen LogP contribution is 2.57. The minimum Gasteiger partial charge on any atom is -0.785 e. The van der Waals surface area contributed by atoms with Gasteiger partial charge in [0.1, 0.15) is 11.7 Å². The van der Waals surface area contributed by atoms with E-state index in [2.05, 4.69) is 6.08 Å². The van der Waals surface area contributed by atoms with Crippen molar-refractivity contribution in [3.05, 3.63) is 41.4 Å². The lowest BCUT2D eigenvalue weighted by molar-refractivity contribution is -0.154. The van der Waals surface area contributed by atoms with Crippen LogP contribution in [0.5, 0.6) is 0 Å². The largest absolute Gasteiger partial charge is 0.785 e. The highest BCUT2D eigenvalue weighted by atomic mass is 16.5. The molecule has 8 heteroatoms. The highest BCUT2D eigenvalue weighted by molar-refractivity contribution is 6.05. The molecule has 6 aliphatic rings. The first-order chi connectivity index (χ1) is 15.9. The Morgan fingerprint density at radius 1 is 1.15 bits per heavy atom. The summed E-state index contributed by atoms with van der Waals surface area (Å²) >= 11 is 0. The standard InChI is InChI=1S/C26H34N3O5/c1-24(2)11-13-28-18(22(31)27-12-5-6-17(27)21(28)30)14-26(32)16-7-8-19-15(9-10-25(3,4)34-19)20(16)29(33)23(24)26/h6,9-11,13,15-16,18-20,23,32H,5,7-8,12,14H2,1-4H3/q-1/b13-11-/t15?,16?,18-,19?,20?,23?,26-/m0/s1. The average Bonchev–Trinajstić information content (AvgIpc) is 3.32. The van der Waals surface area contributed by atoms with Gasteiger partial charge in [-0.3, -0.25) is 9.59 Å². The van der Waals surface area contributed by atoms with Crippen molar-refractivity contribution in [3.63, 3.8) is 0 Å². The van der Waals surface area contributed by atoms with Crippen molar-refractivity contribution in [3.8, 4) is 0 Å². The molecule has 5 heterocycles. The van der Waals surface area contributed by atoms with Crippen LogP contribution in [0.1, 0.15) is 53.4 Å². The van der Waals surface area contributed by atoms with Gasteiger partial charge >= 0.3 is 0 Å². The summed E-state index contributed by atoms with van der Waals surface area (Å²) in [5.74, 6) is -0.803. The van der Waals surface area contributed by atoms with Crippen LogP contribution in [-0.4, -0.2) is 73.8 Å². The first-order valence-corrected chi connectivity index (χ1v) is 12.5. The minimum atomic E-state index is -1.41. The highest BCUT2D eigenvalue weighted by Gasteiger charge is 2.65. The van der Waals surface area contributed by atoms with Crippen LogP contribution in [0, 0.1) is 22.5 Å². The molecular weight excluding hydrogens is 434 g/mol. The number of amides is 2. The second-order valence-corrected chi connectivity index (χ2v) is 12.1. The van der Waals surface area contributed by atoms with Crippen molar-refractivity contribution < 1.29 is 19.4 Å². The number of carbonyl (C=O) groups excluding carboxylic acids is 2. The predicted molar refractivity (Wildman–Crippen MR) is 125 cm³/mol. The van der Waals surface area contributed by atoms with Gasteiger partial charge in [-0.15, -0.1) is 0 Å². The molecular formula is C26H34N3O5-. The van der Waals surface area contributed by atoms with Crippen molar-refractivity contribution in [1.82, 2.24) is 14.9 Å². The van der Waals surface area contributed by atoms with Crippen LogP contribution < -0.4 is 0 Å². The minimum absolute atomic E-state index is 0.0626. The first-order valence-electron chi connectivity index (χ1n) is 12.5. The molecule has 0 aromatic rings. The van der Waals surface area contributed by atoms with E-state index in [-0.39, 0.29) is 41.8 Å². The van der Waals surface area contributed by atoms with E-state index in [1.165, 1.54) is 4.90 Å². The zero-order valence-electron chi connectivity index (χ0n) is 20.3. The van der Waals surface area contributed by atoms with E-state index in [0.717, 1.165) is 11.5 Å². The average molecular weight is 469 g/mol. The second-order valence-electron chi connectivity index (χ2n) is 12.1. The van der Waals surface area contributed by atoms with E-state index in [1.807, 2.05) is 45.9 Å². The summed E-state index contributed by atoms with van der Waals surface area (Å²) in [5, 5.41) is 27.6. The maximum Gasteiger partial charge on any atom is 0.274 e. The molecule has 2 amide bonds. The van der Waals surface area contributed by atoms with E-state index < -0.39 is 29.1 Å². The van der Waals surface area contributed by atoms with Gasteiger partial charge < -0.3 is 29.9 Å². The molecule has 5 aliphatic heterocycles. The number of hydrogen-bond donors (Lipinski definition) is 1. The topological polar surface area (TPSA) is 96.4 Å². The van der Waals surface area contributed by atoms with Crippen LogP contribution in [-0.2, 0) is 14.3 Å². The van der Waals surface area contributed by atoms with Crippen LogP contribution in [0.2, 0.25) is 0 Å². The van der Waals surface area contributed by atoms with Crippen LogP contribution in [0.3, 0.4) is 0 Å². The Labute approximate surface area is 200 Å². The molecule has 0 bridgehead atoms. The fourth-order valence-corrected chi connectivity index (χ4v) is 7.66. The maximum absolute atomic E-state index is 14.0. The van der Waals surface area contributed by atoms with Crippen LogP contribution in [0.15, 0.2) is 36.2 Å². The van der Waals surface area contributed by atoms with Crippen molar-refractivity contribution in [2.24, 2.45) is 17.3 Å². The van der Waals surface area contributed by atoms with E-state index in [0.29, 0.717) is 25.1 Å². The molecule has 1 N–H and O–H groups in total. The van der Waals surface area contributed by atoms with Crippen LogP contribution >= 0.6 is 0 Å². The number of aliphatic hydroxyl groups is 1. The molecule has 1 aliphatic carbocycles. The monoisotopic (exact) mass is 468 g/mol. The summed E-state index contributed by atoms with van der Waals surface area (Å²) in [6, 6.07) is -1.98. The molecule has 6 rings (SSSR count). The number of hydroxylamine groups is 2. The molecule has 184 valence electrons. The predicted octanol–water partition coefficient (Wildman–Crippen LogP) is 2.30. The van der Waals surface area contributed by atoms with Crippen LogP contribution in [0.4, 0.5) is 0 Å². The zero-order valence-corrected chi connectivity index (χ0v) is 20.3. The molecule has 8 nitrogen and oxygen atoms in total. The molecule has 34 heavy (non-hydrogen) atoms. The van der Waals surface area contributed by atoms with Gasteiger partial charge in [-0.25, -0.2) is 0 Å². The van der Waals surface area contributed by atoms with Gasteiger partial charge in [-0.1, -0.05) is 38.2 Å². The lowest BCUT2D eigenvalue weighted by atomic mass is 9.63. The van der Waals surface area contributed by atoms with Crippen LogP contribution in [0.25, 0.3) is 0 Å². The lowest BCUT2D eigenvalue weighted by Gasteiger charge is -2.51. The van der Waals surface area contributed by atoms with Gasteiger partial charge in [0.25, 0.3) is 5.91 Å². The number of rotatable bonds is 0. The van der Waals surface area contributed by atoms with E-state index >= 15 is 0 Å². The lowest BCUT2D eigenvalue weighted by Crippen LogP contribution is -2.63. The van der Waals surface area contributed by atoms with Crippen molar-refractivity contribution in [2.75, 3.05) is 6.54 Å². The second kappa shape index (κ2) is 7.03. The van der Waals surface area contributed by atoms with E-state index in [1.54, 1.807) is 11.1 Å². The Kier molecular flexibility index (Phi) is 4.64. The summed E-state index contributed by atoms with van der Waals surface area (Å²) in [7, 11) is 0. The van der Waals surface area contributed by atoms with Gasteiger partial charge in [0.05, 0.1) is 17.3 Å². The van der Waals surface area contributed by atoms with Gasteiger partial charge in [-0.05, 0) is 33.1 Å². The Morgan fingerprint density at radius 3 is 2.68 bits per heavy atom. The molecule has 0 aromatic heterocycles. The third-order valence-corrected chi connectivity index (χ3v) is 9.05. The molecule has 0 aromatic carbocycles. The first kappa shape index (κ1) is 22.5. The Bertz CT molecular complexity index is 1030. The van der Waals surface area contributed by atoms with E-state index in [9.17, 15) is 19.9 Å². The number of fused-ring (bicyclic) bond motifs is 7. The number of carbonyl (C=O) groups is 2. The van der Waals surface area contributed by atoms with Gasteiger partial charge in [0.2, 0.25) is 5.91 Å². The summed E-state index contributed by atoms with van der Waals surface area (Å²) in [6.45, 7) is 8.40. The molecule has 5 unspecified atom stereocenters. The molecule has 1 saturated carbocycles. The summed E-state index contributed by atoms with van der Waals surface area (Å²) < 4.78 is 6.32. The number of hydrogen-bond acceptors (Lipinski definition) is 6. The van der Waals surface area contributed by atoms with Crippen molar-refractivity contribution in [1.29, 1.82) is 0 Å². The number of piperazine rings is 1. The third kappa shape index (κ3) is 2.92.